The van der Waals surface area contributed by atoms with Gasteiger partial charge in [0.05, 0.1) is 18.2 Å². The molecule has 0 fully saturated rings. The third kappa shape index (κ3) is 2.55. The number of rotatable bonds is 4. The van der Waals surface area contributed by atoms with Crippen LogP contribution in [0.25, 0.3) is 0 Å². The smallest absolute Gasteiger partial charge is 0.129 e. The zero-order valence-corrected chi connectivity index (χ0v) is 9.81. The normalized spacial score (nSPS) is 10.3. The Morgan fingerprint density at radius 3 is 2.94 bits per heavy atom. The molecule has 18 heavy (non-hydrogen) atoms. The molecular weight excluding hydrogens is 231 g/mol. The minimum atomic E-state index is -0.374. The van der Waals surface area contributed by atoms with Crippen molar-refractivity contribution >= 4 is 0 Å². The van der Waals surface area contributed by atoms with E-state index in [1.54, 1.807) is 24.5 Å². The number of imidazole rings is 1. The third-order valence-corrected chi connectivity index (χ3v) is 2.69. The lowest BCUT2D eigenvalue weighted by atomic mass is 10.1. The lowest BCUT2D eigenvalue weighted by molar-refractivity contribution is 0.593. The Bertz CT molecular complexity index is 583. The summed E-state index contributed by atoms with van der Waals surface area (Å²) in [5, 5.41) is 8.68. The summed E-state index contributed by atoms with van der Waals surface area (Å²) in [4.78, 5) is 4.17. The second-order valence-electron chi connectivity index (χ2n) is 3.93. The van der Waals surface area contributed by atoms with E-state index < -0.39 is 0 Å². The summed E-state index contributed by atoms with van der Waals surface area (Å²) >= 11 is 0. The number of nitrogens with zero attached hydrogens (tertiary/aromatic N) is 3. The van der Waals surface area contributed by atoms with E-state index in [2.05, 4.69) is 4.98 Å². The van der Waals surface area contributed by atoms with E-state index in [0.29, 0.717) is 30.6 Å². The molecule has 1 aromatic carbocycles. The molecule has 1 aromatic heterocycles. The minimum Gasteiger partial charge on any atom is -0.330 e. The van der Waals surface area contributed by atoms with Gasteiger partial charge in [0.25, 0.3) is 0 Å². The monoisotopic (exact) mass is 244 g/mol. The Kier molecular flexibility index (Phi) is 3.70. The van der Waals surface area contributed by atoms with Gasteiger partial charge in [0.15, 0.2) is 0 Å². The standard InChI is InChI=1S/C13H13FN4/c14-12-7-10(8-16)1-2-11(12)9-18-6-5-17-13(18)3-4-15/h1-2,5-7H,3-4,9,15H2. The quantitative estimate of drug-likeness (QED) is 0.885. The van der Waals surface area contributed by atoms with Crippen molar-refractivity contribution in [3.05, 3.63) is 53.4 Å². The second-order valence-corrected chi connectivity index (χ2v) is 3.93. The van der Waals surface area contributed by atoms with E-state index >= 15 is 0 Å². The Hall–Kier alpha value is -2.19. The van der Waals surface area contributed by atoms with E-state index in [0.717, 1.165) is 5.82 Å². The van der Waals surface area contributed by atoms with Crippen molar-refractivity contribution < 1.29 is 4.39 Å². The van der Waals surface area contributed by atoms with Gasteiger partial charge in [-0.05, 0) is 18.7 Å². The predicted molar refractivity (Wildman–Crippen MR) is 65.2 cm³/mol. The molecule has 0 radical (unpaired) electrons. The first-order chi connectivity index (χ1) is 8.74. The van der Waals surface area contributed by atoms with Gasteiger partial charge in [-0.1, -0.05) is 6.07 Å². The van der Waals surface area contributed by atoms with Crippen molar-refractivity contribution in [2.24, 2.45) is 5.73 Å². The summed E-state index contributed by atoms with van der Waals surface area (Å²) in [6.07, 6.45) is 4.13. The molecule has 5 heteroatoms. The summed E-state index contributed by atoms with van der Waals surface area (Å²) < 4.78 is 15.6. The van der Waals surface area contributed by atoms with Crippen LogP contribution >= 0.6 is 0 Å². The van der Waals surface area contributed by atoms with Crippen molar-refractivity contribution in [3.63, 3.8) is 0 Å². The fraction of sp³-hybridized carbons (Fsp3) is 0.231. The predicted octanol–water partition coefficient (Wildman–Crippen LogP) is 1.44. The van der Waals surface area contributed by atoms with Gasteiger partial charge in [-0.25, -0.2) is 9.37 Å². The topological polar surface area (TPSA) is 67.6 Å². The lowest BCUT2D eigenvalue weighted by Gasteiger charge is -2.08. The van der Waals surface area contributed by atoms with Gasteiger partial charge in [-0.2, -0.15) is 5.26 Å². The molecular formula is C13H13FN4. The first-order valence-corrected chi connectivity index (χ1v) is 5.63. The zero-order valence-electron chi connectivity index (χ0n) is 9.81. The number of nitriles is 1. The average molecular weight is 244 g/mol. The number of aromatic nitrogens is 2. The number of nitrogens with two attached hydrogens (primary N) is 1. The van der Waals surface area contributed by atoms with E-state index in [1.807, 2.05) is 10.6 Å². The van der Waals surface area contributed by atoms with Crippen molar-refractivity contribution in [2.75, 3.05) is 6.54 Å². The SMILES string of the molecule is N#Cc1ccc(Cn2ccnc2CCN)c(F)c1. The highest BCUT2D eigenvalue weighted by Gasteiger charge is 2.07. The molecule has 2 rings (SSSR count). The van der Waals surface area contributed by atoms with Crippen LogP contribution in [0.15, 0.2) is 30.6 Å². The molecule has 0 amide bonds. The summed E-state index contributed by atoms with van der Waals surface area (Å²) in [5.41, 5.74) is 6.34. The van der Waals surface area contributed by atoms with Crippen molar-refractivity contribution in [1.29, 1.82) is 5.26 Å². The summed E-state index contributed by atoms with van der Waals surface area (Å²) in [6, 6.07) is 6.39. The Morgan fingerprint density at radius 1 is 1.44 bits per heavy atom. The summed E-state index contributed by atoms with van der Waals surface area (Å²) in [5.74, 6) is 0.461. The zero-order chi connectivity index (χ0) is 13.0. The van der Waals surface area contributed by atoms with Crippen LogP contribution in [-0.4, -0.2) is 16.1 Å². The van der Waals surface area contributed by atoms with Gasteiger partial charge < -0.3 is 10.3 Å². The number of hydrogen-bond donors (Lipinski definition) is 1. The van der Waals surface area contributed by atoms with Gasteiger partial charge in [0.2, 0.25) is 0 Å². The Morgan fingerprint density at radius 2 is 2.28 bits per heavy atom. The first-order valence-electron chi connectivity index (χ1n) is 5.63. The van der Waals surface area contributed by atoms with Crippen molar-refractivity contribution in [2.45, 2.75) is 13.0 Å². The molecule has 2 N–H and O–H groups in total. The fourth-order valence-electron chi connectivity index (χ4n) is 1.77. The van der Waals surface area contributed by atoms with Gasteiger partial charge in [-0.15, -0.1) is 0 Å². The van der Waals surface area contributed by atoms with E-state index in [-0.39, 0.29) is 5.82 Å². The molecule has 0 saturated carbocycles. The van der Waals surface area contributed by atoms with Crippen LogP contribution in [0, 0.1) is 17.1 Å². The molecule has 92 valence electrons. The lowest BCUT2D eigenvalue weighted by Crippen LogP contribution is -2.11. The molecule has 0 aliphatic rings. The Labute approximate surface area is 104 Å². The van der Waals surface area contributed by atoms with Gasteiger partial charge >= 0.3 is 0 Å². The van der Waals surface area contributed by atoms with E-state index in [4.69, 9.17) is 11.0 Å². The molecule has 0 atom stereocenters. The summed E-state index contributed by atoms with van der Waals surface area (Å²) in [7, 11) is 0. The van der Waals surface area contributed by atoms with Gasteiger partial charge in [0.1, 0.15) is 11.6 Å². The summed E-state index contributed by atoms with van der Waals surface area (Å²) in [6.45, 7) is 0.903. The molecule has 0 saturated heterocycles. The van der Waals surface area contributed by atoms with Crippen molar-refractivity contribution in [1.82, 2.24) is 9.55 Å². The molecule has 0 spiro atoms. The highest BCUT2D eigenvalue weighted by Crippen LogP contribution is 2.12. The number of hydrogen-bond acceptors (Lipinski definition) is 3. The highest BCUT2D eigenvalue weighted by atomic mass is 19.1. The van der Waals surface area contributed by atoms with Crippen LogP contribution in [0.2, 0.25) is 0 Å². The van der Waals surface area contributed by atoms with Gasteiger partial charge in [-0.3, -0.25) is 0 Å². The van der Waals surface area contributed by atoms with Crippen LogP contribution in [0.3, 0.4) is 0 Å². The number of benzene rings is 1. The van der Waals surface area contributed by atoms with Crippen LogP contribution in [-0.2, 0) is 13.0 Å². The Balaban J connectivity index is 2.23. The van der Waals surface area contributed by atoms with E-state index in [9.17, 15) is 4.39 Å². The molecule has 0 aliphatic heterocycles. The first kappa shape index (κ1) is 12.3. The number of halogens is 1. The molecule has 1 heterocycles. The molecule has 2 aromatic rings. The largest absolute Gasteiger partial charge is 0.330 e. The molecule has 0 unspecified atom stereocenters. The molecule has 0 aliphatic carbocycles. The second kappa shape index (κ2) is 5.43. The maximum atomic E-state index is 13.7. The van der Waals surface area contributed by atoms with Crippen LogP contribution in [0.4, 0.5) is 4.39 Å². The molecule has 4 nitrogen and oxygen atoms in total. The third-order valence-electron chi connectivity index (χ3n) is 2.69. The van der Waals surface area contributed by atoms with Crippen LogP contribution in [0.1, 0.15) is 17.0 Å². The average Bonchev–Trinajstić information content (AvgIpc) is 2.80. The van der Waals surface area contributed by atoms with Crippen molar-refractivity contribution in [3.8, 4) is 6.07 Å². The van der Waals surface area contributed by atoms with Crippen LogP contribution < -0.4 is 5.73 Å². The minimum absolute atomic E-state index is 0.323. The maximum Gasteiger partial charge on any atom is 0.129 e. The highest BCUT2D eigenvalue weighted by molar-refractivity contribution is 5.33. The maximum absolute atomic E-state index is 13.7. The molecule has 0 bridgehead atoms. The fourth-order valence-corrected chi connectivity index (χ4v) is 1.77. The van der Waals surface area contributed by atoms with Gasteiger partial charge in [0, 0.05) is 24.4 Å². The van der Waals surface area contributed by atoms with Crippen LogP contribution in [0.5, 0.6) is 0 Å². The van der Waals surface area contributed by atoms with E-state index in [1.165, 1.54) is 6.07 Å².